The lowest BCUT2D eigenvalue weighted by molar-refractivity contribution is 0.560. The standard InChI is InChI=1S/C15H21N3/c1-5-11-8-6-7-9-12(11)18-14(16)10-13(17-18)15(2,3)4/h6-10H,5,16H2,1-4H3. The molecule has 0 fully saturated rings. The molecular formula is C15H21N3. The zero-order valence-electron chi connectivity index (χ0n) is 11.6. The molecule has 0 bridgehead atoms. The van der Waals surface area contributed by atoms with Crippen molar-refractivity contribution in [2.75, 3.05) is 5.73 Å². The van der Waals surface area contributed by atoms with Gasteiger partial charge in [0, 0.05) is 11.5 Å². The largest absolute Gasteiger partial charge is 0.384 e. The van der Waals surface area contributed by atoms with Gasteiger partial charge in [0.1, 0.15) is 5.82 Å². The number of hydrogen-bond acceptors (Lipinski definition) is 2. The highest BCUT2D eigenvalue weighted by molar-refractivity contribution is 5.48. The Labute approximate surface area is 109 Å². The lowest BCUT2D eigenvalue weighted by Crippen LogP contribution is -2.13. The fourth-order valence-corrected chi connectivity index (χ4v) is 1.97. The molecule has 2 rings (SSSR count). The number of benzene rings is 1. The predicted molar refractivity (Wildman–Crippen MR) is 76.1 cm³/mol. The van der Waals surface area contributed by atoms with Gasteiger partial charge in [0.25, 0.3) is 0 Å². The smallest absolute Gasteiger partial charge is 0.127 e. The maximum Gasteiger partial charge on any atom is 0.127 e. The van der Waals surface area contributed by atoms with Crippen LogP contribution in [0.3, 0.4) is 0 Å². The van der Waals surface area contributed by atoms with Gasteiger partial charge in [0.15, 0.2) is 0 Å². The number of para-hydroxylation sites is 1. The molecule has 18 heavy (non-hydrogen) atoms. The van der Waals surface area contributed by atoms with E-state index < -0.39 is 0 Å². The normalized spacial score (nSPS) is 11.8. The molecule has 1 aromatic heterocycles. The molecule has 0 saturated heterocycles. The van der Waals surface area contributed by atoms with Gasteiger partial charge in [-0.25, -0.2) is 4.68 Å². The fourth-order valence-electron chi connectivity index (χ4n) is 1.97. The molecule has 0 aliphatic rings. The molecule has 0 unspecified atom stereocenters. The van der Waals surface area contributed by atoms with Gasteiger partial charge in [-0.15, -0.1) is 0 Å². The van der Waals surface area contributed by atoms with Crippen LogP contribution >= 0.6 is 0 Å². The summed E-state index contributed by atoms with van der Waals surface area (Å²) in [5.41, 5.74) is 9.46. The van der Waals surface area contributed by atoms with E-state index in [0.29, 0.717) is 5.82 Å². The van der Waals surface area contributed by atoms with Gasteiger partial charge in [0.05, 0.1) is 11.4 Å². The Balaban J connectivity index is 2.55. The van der Waals surface area contributed by atoms with Crippen molar-refractivity contribution in [2.45, 2.75) is 39.5 Å². The summed E-state index contributed by atoms with van der Waals surface area (Å²) < 4.78 is 1.85. The number of anilines is 1. The van der Waals surface area contributed by atoms with Crippen LogP contribution in [0.15, 0.2) is 30.3 Å². The number of rotatable bonds is 2. The summed E-state index contributed by atoms with van der Waals surface area (Å²) in [5.74, 6) is 0.695. The monoisotopic (exact) mass is 243 g/mol. The van der Waals surface area contributed by atoms with Crippen molar-refractivity contribution >= 4 is 5.82 Å². The summed E-state index contributed by atoms with van der Waals surface area (Å²) in [6.07, 6.45) is 0.973. The van der Waals surface area contributed by atoms with E-state index in [9.17, 15) is 0 Å². The second-order valence-corrected chi connectivity index (χ2v) is 5.60. The first-order valence-corrected chi connectivity index (χ1v) is 6.37. The second kappa shape index (κ2) is 4.48. The maximum atomic E-state index is 6.09. The van der Waals surface area contributed by atoms with Crippen LogP contribution in [-0.2, 0) is 11.8 Å². The Hall–Kier alpha value is -1.77. The molecule has 0 spiro atoms. The fraction of sp³-hybridized carbons (Fsp3) is 0.400. The van der Waals surface area contributed by atoms with Crippen LogP contribution in [0.5, 0.6) is 0 Å². The Morgan fingerprint density at radius 3 is 2.44 bits per heavy atom. The van der Waals surface area contributed by atoms with Crippen molar-refractivity contribution in [3.05, 3.63) is 41.6 Å². The average Bonchev–Trinajstić information content (AvgIpc) is 2.71. The van der Waals surface area contributed by atoms with E-state index in [1.54, 1.807) is 0 Å². The first-order valence-electron chi connectivity index (χ1n) is 6.37. The van der Waals surface area contributed by atoms with Crippen LogP contribution in [-0.4, -0.2) is 9.78 Å². The third kappa shape index (κ3) is 2.26. The topological polar surface area (TPSA) is 43.8 Å². The van der Waals surface area contributed by atoms with E-state index in [1.807, 2.05) is 22.9 Å². The molecule has 3 nitrogen and oxygen atoms in total. The molecule has 96 valence electrons. The zero-order valence-corrected chi connectivity index (χ0v) is 11.6. The molecule has 0 atom stereocenters. The molecule has 0 amide bonds. The molecule has 0 radical (unpaired) electrons. The number of aromatic nitrogens is 2. The quantitative estimate of drug-likeness (QED) is 0.879. The van der Waals surface area contributed by atoms with E-state index in [4.69, 9.17) is 5.73 Å². The Morgan fingerprint density at radius 1 is 1.22 bits per heavy atom. The summed E-state index contributed by atoms with van der Waals surface area (Å²) in [4.78, 5) is 0. The van der Waals surface area contributed by atoms with Crippen LogP contribution < -0.4 is 5.73 Å². The molecule has 1 aromatic carbocycles. The van der Waals surface area contributed by atoms with E-state index in [2.05, 4.69) is 44.9 Å². The minimum Gasteiger partial charge on any atom is -0.384 e. The van der Waals surface area contributed by atoms with Gasteiger partial charge in [-0.3, -0.25) is 0 Å². The Bertz CT molecular complexity index is 547. The molecule has 3 heteroatoms. The van der Waals surface area contributed by atoms with Crippen molar-refractivity contribution < 1.29 is 0 Å². The SMILES string of the molecule is CCc1ccccc1-n1nc(C(C)(C)C)cc1N. The zero-order chi connectivity index (χ0) is 13.3. The Kier molecular flexibility index (Phi) is 3.16. The van der Waals surface area contributed by atoms with Gasteiger partial charge >= 0.3 is 0 Å². The molecule has 2 aromatic rings. The van der Waals surface area contributed by atoms with Crippen molar-refractivity contribution in [2.24, 2.45) is 0 Å². The van der Waals surface area contributed by atoms with Gasteiger partial charge in [0.2, 0.25) is 0 Å². The van der Waals surface area contributed by atoms with Crippen molar-refractivity contribution in [3.8, 4) is 5.69 Å². The maximum absolute atomic E-state index is 6.09. The molecule has 0 aliphatic carbocycles. The lowest BCUT2D eigenvalue weighted by atomic mass is 9.92. The Morgan fingerprint density at radius 2 is 1.89 bits per heavy atom. The summed E-state index contributed by atoms with van der Waals surface area (Å²) in [7, 11) is 0. The third-order valence-electron chi connectivity index (χ3n) is 3.11. The van der Waals surface area contributed by atoms with Crippen LogP contribution in [0, 0.1) is 0 Å². The molecule has 1 heterocycles. The van der Waals surface area contributed by atoms with Gasteiger partial charge < -0.3 is 5.73 Å². The van der Waals surface area contributed by atoms with E-state index in [0.717, 1.165) is 17.8 Å². The molecule has 2 N–H and O–H groups in total. The van der Waals surface area contributed by atoms with Crippen LogP contribution in [0.4, 0.5) is 5.82 Å². The van der Waals surface area contributed by atoms with Crippen molar-refractivity contribution in [1.82, 2.24) is 9.78 Å². The number of nitrogen functional groups attached to an aromatic ring is 1. The van der Waals surface area contributed by atoms with Gasteiger partial charge in [-0.2, -0.15) is 5.10 Å². The summed E-state index contributed by atoms with van der Waals surface area (Å²) in [5, 5.41) is 4.65. The van der Waals surface area contributed by atoms with Crippen molar-refractivity contribution in [3.63, 3.8) is 0 Å². The minimum atomic E-state index is 0.0144. The average molecular weight is 243 g/mol. The molecule has 0 aliphatic heterocycles. The lowest BCUT2D eigenvalue weighted by Gasteiger charge is -2.14. The van der Waals surface area contributed by atoms with E-state index >= 15 is 0 Å². The van der Waals surface area contributed by atoms with Gasteiger partial charge in [-0.05, 0) is 18.1 Å². The van der Waals surface area contributed by atoms with Gasteiger partial charge in [-0.1, -0.05) is 45.9 Å². The molecule has 0 saturated carbocycles. The number of nitrogens with zero attached hydrogens (tertiary/aromatic N) is 2. The summed E-state index contributed by atoms with van der Waals surface area (Å²) in [6, 6.07) is 10.2. The summed E-state index contributed by atoms with van der Waals surface area (Å²) >= 11 is 0. The number of nitrogens with two attached hydrogens (primary N) is 1. The highest BCUT2D eigenvalue weighted by atomic mass is 15.3. The van der Waals surface area contributed by atoms with E-state index in [1.165, 1.54) is 5.56 Å². The number of aryl methyl sites for hydroxylation is 1. The van der Waals surface area contributed by atoms with E-state index in [-0.39, 0.29) is 5.41 Å². The molecular weight excluding hydrogens is 222 g/mol. The first-order chi connectivity index (χ1) is 8.43. The second-order valence-electron chi connectivity index (χ2n) is 5.60. The third-order valence-corrected chi connectivity index (χ3v) is 3.11. The summed E-state index contributed by atoms with van der Waals surface area (Å²) in [6.45, 7) is 8.57. The highest BCUT2D eigenvalue weighted by Crippen LogP contribution is 2.25. The van der Waals surface area contributed by atoms with Crippen LogP contribution in [0.25, 0.3) is 5.69 Å². The predicted octanol–water partition coefficient (Wildman–Crippen LogP) is 3.31. The van der Waals surface area contributed by atoms with Crippen molar-refractivity contribution in [1.29, 1.82) is 0 Å². The van der Waals surface area contributed by atoms with Crippen LogP contribution in [0.1, 0.15) is 39.0 Å². The van der Waals surface area contributed by atoms with Crippen LogP contribution in [0.2, 0.25) is 0 Å². The number of hydrogen-bond donors (Lipinski definition) is 1. The first kappa shape index (κ1) is 12.7. The highest BCUT2D eigenvalue weighted by Gasteiger charge is 2.19. The minimum absolute atomic E-state index is 0.0144.